The lowest BCUT2D eigenvalue weighted by molar-refractivity contribution is 0.118. The Balaban J connectivity index is 2.18. The summed E-state index contributed by atoms with van der Waals surface area (Å²) >= 11 is 3.49. The zero-order valence-corrected chi connectivity index (χ0v) is 10.9. The number of anilines is 1. The minimum absolute atomic E-state index is 0.605. The molecule has 15 heavy (non-hydrogen) atoms. The van der Waals surface area contributed by atoms with Crippen LogP contribution < -0.4 is 5.32 Å². The summed E-state index contributed by atoms with van der Waals surface area (Å²) in [5.74, 6) is 0.605. The molecule has 1 aromatic carbocycles. The Bertz CT molecular complexity index is 289. The zero-order chi connectivity index (χ0) is 11.1. The maximum atomic E-state index is 5.48. The van der Waals surface area contributed by atoms with Crippen molar-refractivity contribution in [2.75, 3.05) is 25.1 Å². The van der Waals surface area contributed by atoms with E-state index < -0.39 is 0 Å². The highest BCUT2D eigenvalue weighted by Gasteiger charge is 1.97. The third-order valence-corrected chi connectivity index (χ3v) is 2.58. The second-order valence-corrected chi connectivity index (χ2v) is 4.73. The van der Waals surface area contributed by atoms with Crippen molar-refractivity contribution in [1.82, 2.24) is 0 Å². The highest BCUT2D eigenvalue weighted by Crippen LogP contribution is 2.20. The summed E-state index contributed by atoms with van der Waals surface area (Å²) in [6.45, 7) is 6.73. The summed E-state index contributed by atoms with van der Waals surface area (Å²) in [5.41, 5.74) is 1.12. The van der Waals surface area contributed by atoms with E-state index in [1.807, 2.05) is 24.3 Å². The maximum absolute atomic E-state index is 5.48. The van der Waals surface area contributed by atoms with Gasteiger partial charge < -0.3 is 10.1 Å². The summed E-state index contributed by atoms with van der Waals surface area (Å²) < 4.78 is 6.57. The molecule has 0 fully saturated rings. The SMILES string of the molecule is CC(C)COCCNc1ccccc1Br. The van der Waals surface area contributed by atoms with Crippen LogP contribution in [0.4, 0.5) is 5.69 Å². The molecule has 1 N–H and O–H groups in total. The van der Waals surface area contributed by atoms with Gasteiger partial charge in [0.15, 0.2) is 0 Å². The topological polar surface area (TPSA) is 21.3 Å². The Morgan fingerprint density at radius 1 is 1.33 bits per heavy atom. The first-order valence-corrected chi connectivity index (χ1v) is 6.05. The van der Waals surface area contributed by atoms with Crippen LogP contribution in [0.2, 0.25) is 0 Å². The summed E-state index contributed by atoms with van der Waals surface area (Å²) in [5, 5.41) is 3.31. The molecule has 3 heteroatoms. The molecule has 0 spiro atoms. The smallest absolute Gasteiger partial charge is 0.0639 e. The molecule has 2 nitrogen and oxygen atoms in total. The number of nitrogens with one attached hydrogen (secondary N) is 1. The first-order chi connectivity index (χ1) is 7.20. The van der Waals surface area contributed by atoms with Crippen LogP contribution in [0.3, 0.4) is 0 Å². The van der Waals surface area contributed by atoms with E-state index in [4.69, 9.17) is 4.74 Å². The molecule has 84 valence electrons. The molecule has 0 unspecified atom stereocenters. The van der Waals surface area contributed by atoms with Crippen LogP contribution >= 0.6 is 15.9 Å². The summed E-state index contributed by atoms with van der Waals surface area (Å²) in [7, 11) is 0. The van der Waals surface area contributed by atoms with Gasteiger partial charge in [-0.3, -0.25) is 0 Å². The fourth-order valence-corrected chi connectivity index (χ4v) is 1.61. The van der Waals surface area contributed by atoms with Crippen LogP contribution in [0, 0.1) is 5.92 Å². The van der Waals surface area contributed by atoms with Crippen LogP contribution in [0.5, 0.6) is 0 Å². The van der Waals surface area contributed by atoms with Crippen molar-refractivity contribution in [3.63, 3.8) is 0 Å². The second kappa shape index (κ2) is 6.85. The quantitative estimate of drug-likeness (QED) is 0.800. The fraction of sp³-hybridized carbons (Fsp3) is 0.500. The number of ether oxygens (including phenoxy) is 1. The Hall–Kier alpha value is -0.540. The predicted molar refractivity (Wildman–Crippen MR) is 68.3 cm³/mol. The van der Waals surface area contributed by atoms with Gasteiger partial charge in [0.25, 0.3) is 0 Å². The Kier molecular flexibility index (Phi) is 5.73. The van der Waals surface area contributed by atoms with Crippen molar-refractivity contribution in [3.05, 3.63) is 28.7 Å². The Labute approximate surface area is 100 Å². The van der Waals surface area contributed by atoms with Gasteiger partial charge in [-0.25, -0.2) is 0 Å². The maximum Gasteiger partial charge on any atom is 0.0639 e. The van der Waals surface area contributed by atoms with E-state index in [0.717, 1.165) is 29.9 Å². The molecule has 0 bridgehead atoms. The molecule has 1 rings (SSSR count). The number of benzene rings is 1. The minimum Gasteiger partial charge on any atom is -0.382 e. The van der Waals surface area contributed by atoms with Gasteiger partial charge in [0.1, 0.15) is 0 Å². The molecule has 0 aliphatic rings. The lowest BCUT2D eigenvalue weighted by atomic mass is 10.2. The van der Waals surface area contributed by atoms with Gasteiger partial charge in [-0.05, 0) is 34.0 Å². The molecule has 0 atom stereocenters. The molecule has 0 aromatic heterocycles. The molecule has 0 heterocycles. The highest BCUT2D eigenvalue weighted by atomic mass is 79.9. The monoisotopic (exact) mass is 271 g/mol. The van der Waals surface area contributed by atoms with Gasteiger partial charge in [-0.15, -0.1) is 0 Å². The van der Waals surface area contributed by atoms with Gasteiger partial charge in [-0.1, -0.05) is 26.0 Å². The molecule has 0 aliphatic carbocycles. The van der Waals surface area contributed by atoms with Crippen molar-refractivity contribution in [3.8, 4) is 0 Å². The van der Waals surface area contributed by atoms with Crippen molar-refractivity contribution >= 4 is 21.6 Å². The molecule has 0 saturated carbocycles. The van der Waals surface area contributed by atoms with Gasteiger partial charge in [-0.2, -0.15) is 0 Å². The van der Waals surface area contributed by atoms with Crippen LogP contribution in [-0.2, 0) is 4.74 Å². The molecule has 0 aliphatic heterocycles. The zero-order valence-electron chi connectivity index (χ0n) is 9.29. The third-order valence-electron chi connectivity index (χ3n) is 1.89. The molecule has 1 aromatic rings. The van der Waals surface area contributed by atoms with Crippen LogP contribution in [0.15, 0.2) is 28.7 Å². The number of para-hydroxylation sites is 1. The van der Waals surface area contributed by atoms with E-state index in [2.05, 4.69) is 35.1 Å². The minimum atomic E-state index is 0.605. The van der Waals surface area contributed by atoms with E-state index in [-0.39, 0.29) is 0 Å². The fourth-order valence-electron chi connectivity index (χ4n) is 1.18. The van der Waals surface area contributed by atoms with Crippen molar-refractivity contribution < 1.29 is 4.74 Å². The summed E-state index contributed by atoms with van der Waals surface area (Å²) in [6, 6.07) is 8.09. The molecule has 0 saturated heterocycles. The molecular formula is C12H18BrNO. The standard InChI is InChI=1S/C12H18BrNO/c1-10(2)9-15-8-7-14-12-6-4-3-5-11(12)13/h3-6,10,14H,7-9H2,1-2H3. The van der Waals surface area contributed by atoms with Crippen LogP contribution in [-0.4, -0.2) is 19.8 Å². The van der Waals surface area contributed by atoms with E-state index >= 15 is 0 Å². The predicted octanol–water partition coefficient (Wildman–Crippen LogP) is 3.53. The molecular weight excluding hydrogens is 254 g/mol. The van der Waals surface area contributed by atoms with Gasteiger partial charge in [0, 0.05) is 23.3 Å². The lowest BCUT2D eigenvalue weighted by Crippen LogP contribution is -2.12. The van der Waals surface area contributed by atoms with Crippen molar-refractivity contribution in [2.24, 2.45) is 5.92 Å². The average molecular weight is 272 g/mol. The second-order valence-electron chi connectivity index (χ2n) is 3.88. The van der Waals surface area contributed by atoms with Gasteiger partial charge in [0.2, 0.25) is 0 Å². The molecule has 0 amide bonds. The highest BCUT2D eigenvalue weighted by molar-refractivity contribution is 9.10. The largest absolute Gasteiger partial charge is 0.382 e. The number of hydrogen-bond acceptors (Lipinski definition) is 2. The number of hydrogen-bond donors (Lipinski definition) is 1. The summed E-state index contributed by atoms with van der Waals surface area (Å²) in [6.07, 6.45) is 0. The normalized spacial score (nSPS) is 10.7. The average Bonchev–Trinajstić information content (AvgIpc) is 2.20. The first kappa shape index (κ1) is 12.5. The van der Waals surface area contributed by atoms with E-state index in [9.17, 15) is 0 Å². The molecule has 0 radical (unpaired) electrons. The van der Waals surface area contributed by atoms with Crippen molar-refractivity contribution in [1.29, 1.82) is 0 Å². The number of rotatable bonds is 6. The Morgan fingerprint density at radius 3 is 2.73 bits per heavy atom. The number of halogens is 1. The van der Waals surface area contributed by atoms with Crippen LogP contribution in [0.1, 0.15) is 13.8 Å². The van der Waals surface area contributed by atoms with Gasteiger partial charge in [0.05, 0.1) is 6.61 Å². The first-order valence-electron chi connectivity index (χ1n) is 5.26. The lowest BCUT2D eigenvalue weighted by Gasteiger charge is -2.09. The van der Waals surface area contributed by atoms with Crippen LogP contribution in [0.25, 0.3) is 0 Å². The van der Waals surface area contributed by atoms with E-state index in [0.29, 0.717) is 5.92 Å². The third kappa shape index (κ3) is 5.19. The van der Waals surface area contributed by atoms with E-state index in [1.165, 1.54) is 0 Å². The Morgan fingerprint density at radius 2 is 2.07 bits per heavy atom. The summed E-state index contributed by atoms with van der Waals surface area (Å²) in [4.78, 5) is 0. The van der Waals surface area contributed by atoms with E-state index in [1.54, 1.807) is 0 Å². The van der Waals surface area contributed by atoms with Gasteiger partial charge >= 0.3 is 0 Å². The van der Waals surface area contributed by atoms with Crippen molar-refractivity contribution in [2.45, 2.75) is 13.8 Å².